The Kier molecular flexibility index (Phi) is 4.44. The molecule has 0 saturated heterocycles. The van der Waals surface area contributed by atoms with Crippen LogP contribution < -0.4 is 0 Å². The third-order valence-electron chi connectivity index (χ3n) is 2.84. The Morgan fingerprint density at radius 2 is 2.05 bits per heavy atom. The van der Waals surface area contributed by atoms with E-state index in [-0.39, 0.29) is 5.69 Å². The molecule has 102 valence electrons. The highest BCUT2D eigenvalue weighted by Gasteiger charge is 2.04. The van der Waals surface area contributed by atoms with Gasteiger partial charge < -0.3 is 4.84 Å². The molecule has 0 aromatic heterocycles. The molecule has 2 rings (SSSR count). The van der Waals surface area contributed by atoms with E-state index in [4.69, 9.17) is 4.84 Å². The summed E-state index contributed by atoms with van der Waals surface area (Å²) in [7, 11) is 0. The first-order valence-electron chi connectivity index (χ1n) is 6.11. The van der Waals surface area contributed by atoms with Crippen LogP contribution in [0.2, 0.25) is 0 Å². The molecule has 0 amide bonds. The Balaban J connectivity index is 1.95. The van der Waals surface area contributed by atoms with Crippen molar-refractivity contribution in [1.29, 1.82) is 0 Å². The lowest BCUT2D eigenvalue weighted by atomic mass is 10.1. The first-order chi connectivity index (χ1) is 9.66. The normalized spacial score (nSPS) is 10.7. The van der Waals surface area contributed by atoms with Crippen molar-refractivity contribution in [3.05, 3.63) is 75.3 Å². The van der Waals surface area contributed by atoms with E-state index in [1.807, 2.05) is 31.2 Å². The number of rotatable bonds is 5. The molecule has 0 bridgehead atoms. The summed E-state index contributed by atoms with van der Waals surface area (Å²) < 4.78 is 0. The molecule has 0 aliphatic rings. The number of nitrogens with zero attached hydrogens (tertiary/aromatic N) is 2. The summed E-state index contributed by atoms with van der Waals surface area (Å²) in [5.41, 5.74) is 2.86. The van der Waals surface area contributed by atoms with Crippen LogP contribution in [-0.4, -0.2) is 11.1 Å². The number of benzene rings is 2. The molecular weight excluding hydrogens is 256 g/mol. The van der Waals surface area contributed by atoms with E-state index in [2.05, 4.69) is 5.16 Å². The molecule has 0 atom stereocenters. The van der Waals surface area contributed by atoms with Gasteiger partial charge in [0.15, 0.2) is 0 Å². The van der Waals surface area contributed by atoms with E-state index in [1.54, 1.807) is 12.1 Å². The second-order valence-corrected chi connectivity index (χ2v) is 4.29. The van der Waals surface area contributed by atoms with Crippen LogP contribution in [0.3, 0.4) is 0 Å². The summed E-state index contributed by atoms with van der Waals surface area (Å²) in [6.45, 7) is 2.38. The number of oxime groups is 1. The molecule has 0 saturated carbocycles. The fraction of sp³-hybridized carbons (Fsp3) is 0.133. The number of aryl methyl sites for hydroxylation is 1. The standard InChI is InChI=1S/C15H14N2O3/c1-12-5-2-3-7-14(12)11-20-16-10-13-6-4-8-15(9-13)17(18)19/h2-10H,11H2,1H3/b16-10+. The number of nitro groups is 1. The average molecular weight is 270 g/mol. The van der Waals surface area contributed by atoms with E-state index in [1.165, 1.54) is 18.3 Å². The van der Waals surface area contributed by atoms with E-state index >= 15 is 0 Å². The topological polar surface area (TPSA) is 64.7 Å². The van der Waals surface area contributed by atoms with Gasteiger partial charge >= 0.3 is 0 Å². The molecule has 0 heterocycles. The molecule has 5 nitrogen and oxygen atoms in total. The van der Waals surface area contributed by atoms with Crippen molar-refractivity contribution in [2.24, 2.45) is 5.16 Å². The van der Waals surface area contributed by atoms with Crippen molar-refractivity contribution in [3.63, 3.8) is 0 Å². The second kappa shape index (κ2) is 6.47. The zero-order valence-corrected chi connectivity index (χ0v) is 11.0. The number of nitro benzene ring substituents is 1. The molecular formula is C15H14N2O3. The molecule has 0 N–H and O–H groups in total. The smallest absolute Gasteiger partial charge is 0.270 e. The van der Waals surface area contributed by atoms with E-state index < -0.39 is 4.92 Å². The van der Waals surface area contributed by atoms with Gasteiger partial charge in [-0.1, -0.05) is 41.6 Å². The molecule has 0 unspecified atom stereocenters. The maximum absolute atomic E-state index is 10.6. The lowest BCUT2D eigenvalue weighted by Gasteiger charge is -2.03. The van der Waals surface area contributed by atoms with Crippen LogP contribution in [0.4, 0.5) is 5.69 Å². The predicted octanol–water partition coefficient (Wildman–Crippen LogP) is 3.45. The Morgan fingerprint density at radius 1 is 1.25 bits per heavy atom. The lowest BCUT2D eigenvalue weighted by Crippen LogP contribution is -1.92. The van der Waals surface area contributed by atoms with Crippen molar-refractivity contribution >= 4 is 11.9 Å². The minimum atomic E-state index is -0.439. The van der Waals surface area contributed by atoms with Crippen LogP contribution in [0.1, 0.15) is 16.7 Å². The third kappa shape index (κ3) is 3.65. The largest absolute Gasteiger partial charge is 0.391 e. The van der Waals surface area contributed by atoms with Gasteiger partial charge in [0.1, 0.15) is 6.61 Å². The van der Waals surface area contributed by atoms with Crippen LogP contribution in [0, 0.1) is 17.0 Å². The van der Waals surface area contributed by atoms with Crippen molar-refractivity contribution in [2.75, 3.05) is 0 Å². The van der Waals surface area contributed by atoms with Crippen molar-refractivity contribution < 1.29 is 9.76 Å². The minimum absolute atomic E-state index is 0.0350. The average Bonchev–Trinajstić information content (AvgIpc) is 2.45. The second-order valence-electron chi connectivity index (χ2n) is 4.29. The molecule has 0 spiro atoms. The van der Waals surface area contributed by atoms with Gasteiger partial charge in [-0.2, -0.15) is 0 Å². The van der Waals surface area contributed by atoms with E-state index in [0.29, 0.717) is 12.2 Å². The molecule has 20 heavy (non-hydrogen) atoms. The first kappa shape index (κ1) is 13.7. The van der Waals surface area contributed by atoms with Gasteiger partial charge in [0.25, 0.3) is 5.69 Å². The summed E-state index contributed by atoms with van der Waals surface area (Å²) in [4.78, 5) is 15.4. The first-order valence-corrected chi connectivity index (χ1v) is 6.11. The number of non-ortho nitro benzene ring substituents is 1. The SMILES string of the molecule is Cc1ccccc1CO/N=C/c1cccc([N+](=O)[O-])c1. The summed E-state index contributed by atoms with van der Waals surface area (Å²) >= 11 is 0. The Labute approximate surface area is 116 Å². The molecule has 0 aliphatic carbocycles. The fourth-order valence-electron chi connectivity index (χ4n) is 1.70. The van der Waals surface area contributed by atoms with Crippen LogP contribution in [0.15, 0.2) is 53.7 Å². The molecule has 0 aliphatic heterocycles. The highest BCUT2D eigenvalue weighted by molar-refractivity contribution is 5.80. The maximum Gasteiger partial charge on any atom is 0.270 e. The van der Waals surface area contributed by atoms with Gasteiger partial charge in [-0.05, 0) is 18.1 Å². The third-order valence-corrected chi connectivity index (χ3v) is 2.84. The van der Waals surface area contributed by atoms with Crippen molar-refractivity contribution in [1.82, 2.24) is 0 Å². The summed E-state index contributed by atoms with van der Waals surface area (Å²) in [5, 5.41) is 14.5. The van der Waals surface area contributed by atoms with Crippen molar-refractivity contribution in [3.8, 4) is 0 Å². The zero-order valence-electron chi connectivity index (χ0n) is 11.0. The van der Waals surface area contributed by atoms with Gasteiger partial charge in [-0.25, -0.2) is 0 Å². The predicted molar refractivity (Wildman–Crippen MR) is 76.7 cm³/mol. The van der Waals surface area contributed by atoms with Crippen LogP contribution >= 0.6 is 0 Å². The van der Waals surface area contributed by atoms with E-state index in [9.17, 15) is 10.1 Å². The van der Waals surface area contributed by atoms with Crippen LogP contribution in [0.5, 0.6) is 0 Å². The summed E-state index contributed by atoms with van der Waals surface area (Å²) in [6.07, 6.45) is 1.46. The maximum atomic E-state index is 10.6. The zero-order chi connectivity index (χ0) is 14.4. The minimum Gasteiger partial charge on any atom is -0.391 e. The van der Waals surface area contributed by atoms with Crippen LogP contribution in [-0.2, 0) is 11.4 Å². The summed E-state index contributed by atoms with van der Waals surface area (Å²) in [6, 6.07) is 14.1. The van der Waals surface area contributed by atoms with Gasteiger partial charge in [0.2, 0.25) is 0 Å². The monoisotopic (exact) mass is 270 g/mol. The molecule has 0 radical (unpaired) electrons. The molecule has 2 aromatic carbocycles. The van der Waals surface area contributed by atoms with E-state index in [0.717, 1.165) is 11.1 Å². The number of hydrogen-bond acceptors (Lipinski definition) is 4. The molecule has 0 fully saturated rings. The fourth-order valence-corrected chi connectivity index (χ4v) is 1.70. The number of hydrogen-bond donors (Lipinski definition) is 0. The highest BCUT2D eigenvalue weighted by atomic mass is 16.6. The summed E-state index contributed by atoms with van der Waals surface area (Å²) in [5.74, 6) is 0. The van der Waals surface area contributed by atoms with Gasteiger partial charge in [0.05, 0.1) is 11.1 Å². The van der Waals surface area contributed by atoms with Gasteiger partial charge in [-0.3, -0.25) is 10.1 Å². The molecule has 2 aromatic rings. The highest BCUT2D eigenvalue weighted by Crippen LogP contribution is 2.12. The Morgan fingerprint density at radius 3 is 2.80 bits per heavy atom. The molecule has 5 heteroatoms. The van der Waals surface area contributed by atoms with Gasteiger partial charge in [-0.15, -0.1) is 0 Å². The lowest BCUT2D eigenvalue weighted by molar-refractivity contribution is -0.384. The van der Waals surface area contributed by atoms with Crippen LogP contribution in [0.25, 0.3) is 0 Å². The van der Waals surface area contributed by atoms with Crippen molar-refractivity contribution in [2.45, 2.75) is 13.5 Å². The van der Waals surface area contributed by atoms with Gasteiger partial charge in [0, 0.05) is 17.7 Å². The Hall–Kier alpha value is -2.69. The Bertz CT molecular complexity index is 639. The quantitative estimate of drug-likeness (QED) is 0.475.